The van der Waals surface area contributed by atoms with Crippen LogP contribution in [0, 0.1) is 0 Å². The van der Waals surface area contributed by atoms with Crippen LogP contribution >= 0.6 is 0 Å². The molecule has 0 amide bonds. The maximum absolute atomic E-state index is 12.4. The molecule has 3 N–H and O–H groups in total. The molecule has 0 bridgehead atoms. The highest BCUT2D eigenvalue weighted by Crippen LogP contribution is 2.16. The molecule has 0 spiro atoms. The first-order chi connectivity index (χ1) is 11.5. The third kappa shape index (κ3) is 3.61. The fourth-order valence-corrected chi connectivity index (χ4v) is 4.53. The Morgan fingerprint density at radius 1 is 1.21 bits per heavy atom. The Morgan fingerprint density at radius 3 is 2.62 bits per heavy atom. The SMILES string of the molecule is CC1NNC(C)C1S(=O)(=O)NCCc1nnc(-c2ccccn2)o1. The van der Waals surface area contributed by atoms with Gasteiger partial charge in [0.05, 0.1) is 0 Å². The molecule has 2 unspecified atom stereocenters. The monoisotopic (exact) mass is 352 g/mol. The first-order valence-electron chi connectivity index (χ1n) is 7.70. The Kier molecular flexibility index (Phi) is 4.90. The lowest BCUT2D eigenvalue weighted by Crippen LogP contribution is -2.45. The Morgan fingerprint density at radius 2 is 1.96 bits per heavy atom. The van der Waals surface area contributed by atoms with Gasteiger partial charge in [0.2, 0.25) is 15.9 Å². The molecule has 130 valence electrons. The van der Waals surface area contributed by atoms with Gasteiger partial charge in [0, 0.05) is 31.2 Å². The van der Waals surface area contributed by atoms with Crippen LogP contribution in [0.15, 0.2) is 28.8 Å². The second kappa shape index (κ2) is 6.93. The molecular formula is C14H20N6O3S. The van der Waals surface area contributed by atoms with Crippen molar-refractivity contribution in [1.29, 1.82) is 0 Å². The molecule has 0 radical (unpaired) electrons. The molecule has 9 nitrogen and oxygen atoms in total. The third-order valence-corrected chi connectivity index (χ3v) is 6.02. The summed E-state index contributed by atoms with van der Waals surface area (Å²) in [5, 5.41) is 7.31. The minimum atomic E-state index is -3.45. The van der Waals surface area contributed by atoms with E-state index in [1.807, 2.05) is 19.9 Å². The topological polar surface area (TPSA) is 122 Å². The molecular weight excluding hydrogens is 332 g/mol. The van der Waals surface area contributed by atoms with Gasteiger partial charge in [-0.15, -0.1) is 10.2 Å². The molecule has 1 fully saturated rings. The summed E-state index contributed by atoms with van der Waals surface area (Å²) >= 11 is 0. The van der Waals surface area contributed by atoms with Crippen molar-refractivity contribution in [2.45, 2.75) is 37.6 Å². The second-order valence-corrected chi connectivity index (χ2v) is 7.66. The maximum Gasteiger partial charge on any atom is 0.266 e. The summed E-state index contributed by atoms with van der Waals surface area (Å²) < 4.78 is 32.9. The summed E-state index contributed by atoms with van der Waals surface area (Å²) in [6.45, 7) is 3.86. The molecule has 2 atom stereocenters. The predicted molar refractivity (Wildman–Crippen MR) is 87.1 cm³/mol. The van der Waals surface area contributed by atoms with Crippen LogP contribution in [-0.2, 0) is 16.4 Å². The van der Waals surface area contributed by atoms with Crippen molar-refractivity contribution in [1.82, 2.24) is 30.8 Å². The van der Waals surface area contributed by atoms with Crippen LogP contribution in [0.5, 0.6) is 0 Å². The molecule has 3 heterocycles. The van der Waals surface area contributed by atoms with Crippen molar-refractivity contribution in [2.75, 3.05) is 6.54 Å². The number of nitrogens with zero attached hydrogens (tertiary/aromatic N) is 3. The summed E-state index contributed by atoms with van der Waals surface area (Å²) in [7, 11) is -3.45. The molecule has 2 aromatic rings. The van der Waals surface area contributed by atoms with Crippen molar-refractivity contribution in [3.8, 4) is 11.6 Å². The zero-order valence-electron chi connectivity index (χ0n) is 13.4. The van der Waals surface area contributed by atoms with Crippen molar-refractivity contribution < 1.29 is 12.8 Å². The Balaban J connectivity index is 1.58. The molecule has 24 heavy (non-hydrogen) atoms. The Labute approximate surface area is 140 Å². The smallest absolute Gasteiger partial charge is 0.266 e. The van der Waals surface area contributed by atoms with Crippen LogP contribution in [0.2, 0.25) is 0 Å². The predicted octanol–water partition coefficient (Wildman–Crippen LogP) is -0.153. The van der Waals surface area contributed by atoms with Crippen molar-refractivity contribution in [2.24, 2.45) is 0 Å². The van der Waals surface area contributed by atoms with Crippen LogP contribution in [-0.4, -0.2) is 47.5 Å². The van der Waals surface area contributed by atoms with Gasteiger partial charge in [-0.05, 0) is 26.0 Å². The normalized spacial score (nSPS) is 24.3. The summed E-state index contributed by atoms with van der Waals surface area (Å²) in [4.78, 5) is 4.13. The highest BCUT2D eigenvalue weighted by atomic mass is 32.2. The summed E-state index contributed by atoms with van der Waals surface area (Å²) in [6, 6.07) is 5.05. The van der Waals surface area contributed by atoms with Crippen molar-refractivity contribution >= 4 is 10.0 Å². The van der Waals surface area contributed by atoms with Crippen molar-refractivity contribution in [3.05, 3.63) is 30.3 Å². The van der Waals surface area contributed by atoms with E-state index in [2.05, 4.69) is 30.8 Å². The average Bonchev–Trinajstić information content (AvgIpc) is 3.15. The minimum absolute atomic E-state index is 0.170. The summed E-state index contributed by atoms with van der Waals surface area (Å²) in [5.41, 5.74) is 6.46. The number of pyridine rings is 1. The van der Waals surface area contributed by atoms with Gasteiger partial charge in [0.1, 0.15) is 10.9 Å². The van der Waals surface area contributed by atoms with Crippen LogP contribution in [0.1, 0.15) is 19.7 Å². The molecule has 10 heteroatoms. The van der Waals surface area contributed by atoms with Gasteiger partial charge < -0.3 is 4.42 Å². The van der Waals surface area contributed by atoms with E-state index in [1.165, 1.54) is 0 Å². The van der Waals surface area contributed by atoms with Gasteiger partial charge >= 0.3 is 0 Å². The third-order valence-electron chi connectivity index (χ3n) is 3.88. The lowest BCUT2D eigenvalue weighted by Gasteiger charge is -2.18. The fraction of sp³-hybridized carbons (Fsp3) is 0.500. The first-order valence-corrected chi connectivity index (χ1v) is 9.25. The molecule has 3 rings (SSSR count). The maximum atomic E-state index is 12.4. The van der Waals surface area contributed by atoms with E-state index in [1.54, 1.807) is 18.3 Å². The molecule has 0 aliphatic carbocycles. The highest BCUT2D eigenvalue weighted by Gasteiger charge is 2.39. The van der Waals surface area contributed by atoms with E-state index >= 15 is 0 Å². The highest BCUT2D eigenvalue weighted by molar-refractivity contribution is 7.90. The summed E-state index contributed by atoms with van der Waals surface area (Å²) in [5.74, 6) is 0.682. The number of rotatable bonds is 6. The average molecular weight is 352 g/mol. The zero-order chi connectivity index (χ0) is 17.2. The van der Waals surface area contributed by atoms with Crippen LogP contribution in [0.3, 0.4) is 0 Å². The van der Waals surface area contributed by atoms with Crippen LogP contribution in [0.4, 0.5) is 0 Å². The van der Waals surface area contributed by atoms with E-state index in [4.69, 9.17) is 4.42 Å². The first kappa shape index (κ1) is 17.0. The van der Waals surface area contributed by atoms with E-state index in [-0.39, 0.29) is 18.6 Å². The van der Waals surface area contributed by atoms with E-state index < -0.39 is 15.3 Å². The number of aromatic nitrogens is 3. The Bertz CT molecular complexity index is 769. The fourth-order valence-electron chi connectivity index (χ4n) is 2.74. The molecule has 0 aromatic carbocycles. The Hall–Kier alpha value is -1.88. The van der Waals surface area contributed by atoms with Gasteiger partial charge in [-0.2, -0.15) is 0 Å². The molecule has 1 aliphatic heterocycles. The number of hydrogen-bond acceptors (Lipinski definition) is 8. The number of hydrazine groups is 1. The second-order valence-electron chi connectivity index (χ2n) is 5.74. The van der Waals surface area contributed by atoms with Gasteiger partial charge in [-0.1, -0.05) is 6.07 Å². The van der Waals surface area contributed by atoms with E-state index in [9.17, 15) is 8.42 Å². The number of sulfonamides is 1. The minimum Gasteiger partial charge on any atom is -0.419 e. The van der Waals surface area contributed by atoms with Gasteiger partial charge in [-0.25, -0.2) is 13.1 Å². The lowest BCUT2D eigenvalue weighted by molar-refractivity contribution is 0.498. The number of hydrogen-bond donors (Lipinski definition) is 3. The van der Waals surface area contributed by atoms with Gasteiger partial charge in [0.25, 0.3) is 5.89 Å². The van der Waals surface area contributed by atoms with E-state index in [0.29, 0.717) is 23.9 Å². The number of nitrogens with one attached hydrogen (secondary N) is 3. The van der Waals surface area contributed by atoms with Crippen molar-refractivity contribution in [3.63, 3.8) is 0 Å². The van der Waals surface area contributed by atoms with Crippen LogP contribution in [0.25, 0.3) is 11.6 Å². The lowest BCUT2D eigenvalue weighted by atomic mass is 10.2. The molecule has 0 saturated carbocycles. The molecule has 1 saturated heterocycles. The zero-order valence-corrected chi connectivity index (χ0v) is 14.2. The van der Waals surface area contributed by atoms with Gasteiger partial charge in [0.15, 0.2) is 0 Å². The van der Waals surface area contributed by atoms with Gasteiger partial charge in [-0.3, -0.25) is 15.8 Å². The van der Waals surface area contributed by atoms with Crippen LogP contribution < -0.4 is 15.6 Å². The standard InChI is InChI=1S/C14H20N6O3S/c1-9-13(10(2)18-17-9)24(21,22)16-8-6-12-19-20-14(23-12)11-5-3-4-7-15-11/h3-5,7,9-10,13,16-18H,6,8H2,1-2H3. The molecule has 2 aromatic heterocycles. The quantitative estimate of drug-likeness (QED) is 0.656. The largest absolute Gasteiger partial charge is 0.419 e. The molecule has 1 aliphatic rings. The summed E-state index contributed by atoms with van der Waals surface area (Å²) in [6.07, 6.45) is 1.95. The van der Waals surface area contributed by atoms with E-state index in [0.717, 1.165) is 0 Å².